The van der Waals surface area contributed by atoms with E-state index in [9.17, 15) is 9.59 Å². The molecule has 1 aromatic heterocycles. The lowest BCUT2D eigenvalue weighted by atomic mass is 10.1. The van der Waals surface area contributed by atoms with E-state index >= 15 is 0 Å². The van der Waals surface area contributed by atoms with Crippen LogP contribution >= 0.6 is 0 Å². The summed E-state index contributed by atoms with van der Waals surface area (Å²) in [6.45, 7) is 0. The van der Waals surface area contributed by atoms with Crippen LogP contribution in [0.2, 0.25) is 0 Å². The van der Waals surface area contributed by atoms with Crippen molar-refractivity contribution < 1.29 is 14.7 Å². The molecule has 3 N–H and O–H groups in total. The minimum absolute atomic E-state index is 0.0104. The Kier molecular flexibility index (Phi) is 3.64. The lowest BCUT2D eigenvalue weighted by Crippen LogP contribution is -2.34. The number of aromatic nitrogens is 1. The highest BCUT2D eigenvalue weighted by molar-refractivity contribution is 5.89. The standard InChI is InChI=1S/C16H18N2O3/c19-15(18-12-6-5-10(7-12)16(20)21)8-11-9-17-14-4-2-1-3-13(11)14/h1-4,9-10,12,17H,5-8H2,(H,18,19)(H,20,21)/t10-,12+/m1/s1. The fourth-order valence-electron chi connectivity index (χ4n) is 3.07. The van der Waals surface area contributed by atoms with Crippen LogP contribution in [0.15, 0.2) is 30.5 Å². The second-order valence-electron chi connectivity index (χ2n) is 5.65. The first-order valence-electron chi connectivity index (χ1n) is 7.20. The highest BCUT2D eigenvalue weighted by Gasteiger charge is 2.30. The van der Waals surface area contributed by atoms with Crippen molar-refractivity contribution in [2.45, 2.75) is 31.7 Å². The second kappa shape index (κ2) is 5.60. The molecule has 0 aliphatic heterocycles. The highest BCUT2D eigenvalue weighted by atomic mass is 16.4. The smallest absolute Gasteiger partial charge is 0.306 e. The summed E-state index contributed by atoms with van der Waals surface area (Å²) in [5.74, 6) is -1.12. The number of amides is 1. The normalized spacial score (nSPS) is 21.5. The van der Waals surface area contributed by atoms with Crippen molar-refractivity contribution in [2.24, 2.45) is 5.92 Å². The summed E-state index contributed by atoms with van der Waals surface area (Å²) in [6.07, 6.45) is 4.11. The van der Waals surface area contributed by atoms with Gasteiger partial charge < -0.3 is 15.4 Å². The summed E-state index contributed by atoms with van der Waals surface area (Å²) < 4.78 is 0. The summed E-state index contributed by atoms with van der Waals surface area (Å²) >= 11 is 0. The maximum Gasteiger partial charge on any atom is 0.306 e. The van der Waals surface area contributed by atoms with Gasteiger partial charge in [0.25, 0.3) is 0 Å². The molecule has 0 saturated heterocycles. The van der Waals surface area contributed by atoms with Gasteiger partial charge in [-0.05, 0) is 30.9 Å². The molecule has 1 fully saturated rings. The predicted octanol–water partition coefficient (Wildman–Crippen LogP) is 2.08. The van der Waals surface area contributed by atoms with Gasteiger partial charge in [0.2, 0.25) is 5.91 Å². The number of benzene rings is 1. The molecule has 0 unspecified atom stereocenters. The molecule has 3 rings (SSSR count). The van der Waals surface area contributed by atoms with Crippen LogP contribution in [0, 0.1) is 5.92 Å². The minimum Gasteiger partial charge on any atom is -0.481 e. The van der Waals surface area contributed by atoms with E-state index < -0.39 is 5.97 Å². The Labute approximate surface area is 122 Å². The molecular formula is C16H18N2O3. The minimum atomic E-state index is -0.761. The zero-order valence-electron chi connectivity index (χ0n) is 11.6. The van der Waals surface area contributed by atoms with Crippen LogP contribution in [0.25, 0.3) is 10.9 Å². The quantitative estimate of drug-likeness (QED) is 0.804. The van der Waals surface area contributed by atoms with Crippen LogP contribution in [0.1, 0.15) is 24.8 Å². The number of carboxylic acid groups (broad SMARTS) is 1. The van der Waals surface area contributed by atoms with Gasteiger partial charge in [-0.15, -0.1) is 0 Å². The maximum atomic E-state index is 12.1. The molecule has 0 radical (unpaired) electrons. The molecule has 1 saturated carbocycles. The van der Waals surface area contributed by atoms with Crippen LogP contribution in [0.4, 0.5) is 0 Å². The van der Waals surface area contributed by atoms with E-state index in [2.05, 4.69) is 10.3 Å². The zero-order chi connectivity index (χ0) is 14.8. The third-order valence-corrected chi connectivity index (χ3v) is 4.17. The van der Waals surface area contributed by atoms with E-state index in [0.29, 0.717) is 19.3 Å². The Morgan fingerprint density at radius 3 is 2.86 bits per heavy atom. The molecule has 21 heavy (non-hydrogen) atoms. The van der Waals surface area contributed by atoms with Gasteiger partial charge in [0.1, 0.15) is 0 Å². The molecule has 110 valence electrons. The van der Waals surface area contributed by atoms with Gasteiger partial charge in [-0.1, -0.05) is 18.2 Å². The maximum absolute atomic E-state index is 12.1. The molecule has 0 spiro atoms. The number of fused-ring (bicyclic) bond motifs is 1. The average molecular weight is 286 g/mol. The largest absolute Gasteiger partial charge is 0.481 e. The highest BCUT2D eigenvalue weighted by Crippen LogP contribution is 2.26. The van der Waals surface area contributed by atoms with Crippen LogP contribution in [0.5, 0.6) is 0 Å². The zero-order valence-corrected chi connectivity index (χ0v) is 11.6. The molecule has 5 heteroatoms. The van der Waals surface area contributed by atoms with Crippen LogP contribution in [-0.2, 0) is 16.0 Å². The van der Waals surface area contributed by atoms with Crippen LogP contribution in [-0.4, -0.2) is 28.0 Å². The molecular weight excluding hydrogens is 268 g/mol. The summed E-state index contributed by atoms with van der Waals surface area (Å²) in [5.41, 5.74) is 1.99. The number of aromatic amines is 1. The number of carbonyl (C=O) groups excluding carboxylic acids is 1. The van der Waals surface area contributed by atoms with Crippen molar-refractivity contribution in [3.8, 4) is 0 Å². The summed E-state index contributed by atoms with van der Waals surface area (Å²) in [5, 5.41) is 13.0. The van der Waals surface area contributed by atoms with Crippen LogP contribution < -0.4 is 5.32 Å². The Bertz CT molecular complexity index is 677. The third-order valence-electron chi connectivity index (χ3n) is 4.17. The summed E-state index contributed by atoms with van der Waals surface area (Å²) in [6, 6.07) is 7.86. The van der Waals surface area contributed by atoms with Gasteiger partial charge in [0.05, 0.1) is 12.3 Å². The van der Waals surface area contributed by atoms with Gasteiger partial charge in [-0.25, -0.2) is 0 Å². The number of carbonyl (C=O) groups is 2. The average Bonchev–Trinajstić information content (AvgIpc) is 3.07. The number of hydrogen-bond acceptors (Lipinski definition) is 2. The second-order valence-corrected chi connectivity index (χ2v) is 5.65. The van der Waals surface area contributed by atoms with Gasteiger partial charge in [-0.3, -0.25) is 9.59 Å². The van der Waals surface area contributed by atoms with E-state index in [1.165, 1.54) is 0 Å². The Morgan fingerprint density at radius 1 is 1.29 bits per heavy atom. The molecule has 1 aliphatic rings. The van der Waals surface area contributed by atoms with Gasteiger partial charge in [0, 0.05) is 23.1 Å². The third kappa shape index (κ3) is 2.91. The van der Waals surface area contributed by atoms with Crippen molar-refractivity contribution >= 4 is 22.8 Å². The monoisotopic (exact) mass is 286 g/mol. The lowest BCUT2D eigenvalue weighted by molar-refractivity contribution is -0.141. The fourth-order valence-corrected chi connectivity index (χ4v) is 3.07. The molecule has 1 aliphatic carbocycles. The van der Waals surface area contributed by atoms with Crippen molar-refractivity contribution in [1.82, 2.24) is 10.3 Å². The van der Waals surface area contributed by atoms with E-state index in [1.807, 2.05) is 30.5 Å². The first-order chi connectivity index (χ1) is 10.1. The predicted molar refractivity (Wildman–Crippen MR) is 78.9 cm³/mol. The van der Waals surface area contributed by atoms with Crippen molar-refractivity contribution in [3.05, 3.63) is 36.0 Å². The van der Waals surface area contributed by atoms with Crippen molar-refractivity contribution in [3.63, 3.8) is 0 Å². The molecule has 1 amide bonds. The molecule has 0 bridgehead atoms. The fraction of sp³-hybridized carbons (Fsp3) is 0.375. The molecule has 1 aromatic carbocycles. The van der Waals surface area contributed by atoms with Crippen LogP contribution in [0.3, 0.4) is 0 Å². The number of aliphatic carboxylic acids is 1. The first-order valence-corrected chi connectivity index (χ1v) is 7.20. The number of para-hydroxylation sites is 1. The van der Waals surface area contributed by atoms with Crippen molar-refractivity contribution in [2.75, 3.05) is 0 Å². The number of rotatable bonds is 4. The lowest BCUT2D eigenvalue weighted by Gasteiger charge is -2.12. The Balaban J connectivity index is 1.61. The molecule has 5 nitrogen and oxygen atoms in total. The molecule has 2 atom stereocenters. The molecule has 1 heterocycles. The number of nitrogens with one attached hydrogen (secondary N) is 2. The first kappa shape index (κ1) is 13.7. The van der Waals surface area contributed by atoms with Gasteiger partial charge in [0.15, 0.2) is 0 Å². The Morgan fingerprint density at radius 2 is 2.10 bits per heavy atom. The van der Waals surface area contributed by atoms with Crippen molar-refractivity contribution in [1.29, 1.82) is 0 Å². The number of carboxylic acids is 1. The molecule has 2 aromatic rings. The van der Waals surface area contributed by atoms with Gasteiger partial charge in [-0.2, -0.15) is 0 Å². The number of H-pyrrole nitrogens is 1. The summed E-state index contributed by atoms with van der Waals surface area (Å²) in [4.78, 5) is 26.2. The Hall–Kier alpha value is -2.30. The van der Waals surface area contributed by atoms with E-state index in [4.69, 9.17) is 5.11 Å². The van der Waals surface area contributed by atoms with E-state index in [1.54, 1.807) is 0 Å². The topological polar surface area (TPSA) is 82.2 Å². The summed E-state index contributed by atoms with van der Waals surface area (Å²) in [7, 11) is 0. The SMILES string of the molecule is O=C(Cc1c[nH]c2ccccc12)N[C@H]1CC[C@@H](C(=O)O)C1. The van der Waals surface area contributed by atoms with E-state index in [-0.39, 0.29) is 17.9 Å². The van der Waals surface area contributed by atoms with Gasteiger partial charge >= 0.3 is 5.97 Å². The number of hydrogen-bond donors (Lipinski definition) is 3. The van der Waals surface area contributed by atoms with E-state index in [0.717, 1.165) is 22.9 Å².